The summed E-state index contributed by atoms with van der Waals surface area (Å²) in [6.07, 6.45) is 4.09. The van der Waals surface area contributed by atoms with Crippen LogP contribution in [0.2, 0.25) is 0 Å². The SMILES string of the molecule is C=CCN(C)CCCC(N)c1ccccc1. The summed E-state index contributed by atoms with van der Waals surface area (Å²) in [5.41, 5.74) is 7.35. The molecule has 1 unspecified atom stereocenters. The molecule has 1 aromatic carbocycles. The molecular weight excluding hydrogens is 196 g/mol. The summed E-state index contributed by atoms with van der Waals surface area (Å²) in [6, 6.07) is 10.5. The zero-order valence-electron chi connectivity index (χ0n) is 10.1. The fraction of sp³-hybridized carbons (Fsp3) is 0.429. The number of nitrogens with two attached hydrogens (primary N) is 1. The minimum atomic E-state index is 0.165. The average Bonchev–Trinajstić information content (AvgIpc) is 2.30. The Morgan fingerprint density at radius 3 is 2.69 bits per heavy atom. The molecule has 0 aliphatic heterocycles. The lowest BCUT2D eigenvalue weighted by Gasteiger charge is -2.16. The minimum Gasteiger partial charge on any atom is -0.324 e. The van der Waals surface area contributed by atoms with Gasteiger partial charge < -0.3 is 10.6 Å². The molecule has 0 aromatic heterocycles. The van der Waals surface area contributed by atoms with Crippen LogP contribution in [-0.4, -0.2) is 25.0 Å². The third-order valence-corrected chi connectivity index (χ3v) is 2.72. The Bertz CT molecular complexity index is 295. The van der Waals surface area contributed by atoms with E-state index < -0.39 is 0 Å². The van der Waals surface area contributed by atoms with Gasteiger partial charge in [-0.3, -0.25) is 0 Å². The highest BCUT2D eigenvalue weighted by Gasteiger charge is 2.05. The van der Waals surface area contributed by atoms with Gasteiger partial charge in [-0.2, -0.15) is 0 Å². The molecule has 0 saturated carbocycles. The van der Waals surface area contributed by atoms with E-state index in [2.05, 4.69) is 30.7 Å². The molecule has 0 spiro atoms. The number of rotatable bonds is 7. The fourth-order valence-electron chi connectivity index (χ4n) is 1.76. The molecule has 0 saturated heterocycles. The second-order valence-corrected chi connectivity index (χ2v) is 4.21. The molecule has 0 bridgehead atoms. The lowest BCUT2D eigenvalue weighted by molar-refractivity contribution is 0.353. The molecule has 1 atom stereocenters. The van der Waals surface area contributed by atoms with Crippen LogP contribution in [0.1, 0.15) is 24.4 Å². The molecule has 0 fully saturated rings. The van der Waals surface area contributed by atoms with Crippen LogP contribution in [0.15, 0.2) is 43.0 Å². The third kappa shape index (κ3) is 4.60. The van der Waals surface area contributed by atoms with Crippen molar-refractivity contribution >= 4 is 0 Å². The highest BCUT2D eigenvalue weighted by molar-refractivity contribution is 5.18. The van der Waals surface area contributed by atoms with Crippen LogP contribution in [0.4, 0.5) is 0 Å². The van der Waals surface area contributed by atoms with Gasteiger partial charge in [0.25, 0.3) is 0 Å². The Kier molecular flexibility index (Phi) is 5.83. The van der Waals surface area contributed by atoms with E-state index in [4.69, 9.17) is 5.73 Å². The zero-order chi connectivity index (χ0) is 11.8. The maximum atomic E-state index is 6.12. The molecule has 0 amide bonds. The molecule has 0 aliphatic carbocycles. The summed E-state index contributed by atoms with van der Waals surface area (Å²) in [5.74, 6) is 0. The lowest BCUT2D eigenvalue weighted by Crippen LogP contribution is -2.21. The third-order valence-electron chi connectivity index (χ3n) is 2.72. The van der Waals surface area contributed by atoms with Gasteiger partial charge in [-0.25, -0.2) is 0 Å². The van der Waals surface area contributed by atoms with Crippen molar-refractivity contribution in [1.29, 1.82) is 0 Å². The van der Waals surface area contributed by atoms with Gasteiger partial charge in [-0.15, -0.1) is 6.58 Å². The largest absolute Gasteiger partial charge is 0.324 e. The second kappa shape index (κ2) is 7.20. The smallest absolute Gasteiger partial charge is 0.0295 e. The van der Waals surface area contributed by atoms with Gasteiger partial charge in [-0.1, -0.05) is 36.4 Å². The number of hydrogen-bond donors (Lipinski definition) is 1. The van der Waals surface area contributed by atoms with E-state index >= 15 is 0 Å². The Morgan fingerprint density at radius 2 is 2.06 bits per heavy atom. The van der Waals surface area contributed by atoms with Crippen molar-refractivity contribution in [1.82, 2.24) is 4.90 Å². The second-order valence-electron chi connectivity index (χ2n) is 4.21. The predicted molar refractivity (Wildman–Crippen MR) is 70.3 cm³/mol. The molecule has 2 N–H and O–H groups in total. The molecule has 0 radical (unpaired) electrons. The summed E-state index contributed by atoms with van der Waals surface area (Å²) in [6.45, 7) is 5.75. The van der Waals surface area contributed by atoms with Crippen molar-refractivity contribution in [2.45, 2.75) is 18.9 Å². The Labute approximate surface area is 98.8 Å². The Balaban J connectivity index is 2.25. The van der Waals surface area contributed by atoms with Crippen LogP contribution < -0.4 is 5.73 Å². The Morgan fingerprint density at radius 1 is 1.38 bits per heavy atom. The summed E-state index contributed by atoms with van der Waals surface area (Å²) >= 11 is 0. The van der Waals surface area contributed by atoms with Crippen LogP contribution >= 0.6 is 0 Å². The number of nitrogens with zero attached hydrogens (tertiary/aromatic N) is 1. The summed E-state index contributed by atoms with van der Waals surface area (Å²) in [5, 5.41) is 0. The maximum absolute atomic E-state index is 6.12. The highest BCUT2D eigenvalue weighted by atomic mass is 15.1. The minimum absolute atomic E-state index is 0.165. The normalized spacial score (nSPS) is 12.7. The summed E-state index contributed by atoms with van der Waals surface area (Å²) in [4.78, 5) is 2.25. The van der Waals surface area contributed by atoms with Gasteiger partial charge in [0, 0.05) is 12.6 Å². The first-order chi connectivity index (χ1) is 7.74. The van der Waals surface area contributed by atoms with Crippen LogP contribution in [0.5, 0.6) is 0 Å². The van der Waals surface area contributed by atoms with E-state index in [-0.39, 0.29) is 6.04 Å². The molecule has 16 heavy (non-hydrogen) atoms. The number of hydrogen-bond acceptors (Lipinski definition) is 2. The van der Waals surface area contributed by atoms with E-state index in [1.54, 1.807) is 0 Å². The standard InChI is InChI=1S/C14H22N2/c1-3-11-16(2)12-7-10-14(15)13-8-5-4-6-9-13/h3-6,8-9,14H,1,7,10-12,15H2,2H3. The van der Waals surface area contributed by atoms with Crippen molar-refractivity contribution in [3.8, 4) is 0 Å². The van der Waals surface area contributed by atoms with Gasteiger partial charge in [-0.05, 0) is 32.0 Å². The zero-order valence-corrected chi connectivity index (χ0v) is 10.1. The van der Waals surface area contributed by atoms with Crippen molar-refractivity contribution in [2.75, 3.05) is 20.1 Å². The van der Waals surface area contributed by atoms with Crippen LogP contribution in [0, 0.1) is 0 Å². The molecular formula is C14H22N2. The van der Waals surface area contributed by atoms with Gasteiger partial charge in [0.15, 0.2) is 0 Å². The molecule has 0 aliphatic rings. The molecule has 1 aromatic rings. The van der Waals surface area contributed by atoms with Crippen LogP contribution in [0.3, 0.4) is 0 Å². The fourth-order valence-corrected chi connectivity index (χ4v) is 1.76. The number of benzene rings is 1. The molecule has 2 nitrogen and oxygen atoms in total. The molecule has 1 rings (SSSR count). The maximum Gasteiger partial charge on any atom is 0.0295 e. The Hall–Kier alpha value is -1.12. The first-order valence-electron chi connectivity index (χ1n) is 5.84. The van der Waals surface area contributed by atoms with E-state index in [9.17, 15) is 0 Å². The van der Waals surface area contributed by atoms with Crippen molar-refractivity contribution in [3.63, 3.8) is 0 Å². The summed E-state index contributed by atoms with van der Waals surface area (Å²) in [7, 11) is 2.11. The van der Waals surface area contributed by atoms with Gasteiger partial charge >= 0.3 is 0 Å². The monoisotopic (exact) mass is 218 g/mol. The van der Waals surface area contributed by atoms with Crippen molar-refractivity contribution in [3.05, 3.63) is 48.6 Å². The lowest BCUT2D eigenvalue weighted by atomic mass is 10.0. The highest BCUT2D eigenvalue weighted by Crippen LogP contribution is 2.14. The first-order valence-corrected chi connectivity index (χ1v) is 5.84. The average molecular weight is 218 g/mol. The quantitative estimate of drug-likeness (QED) is 0.713. The van der Waals surface area contributed by atoms with E-state index in [1.165, 1.54) is 5.56 Å². The van der Waals surface area contributed by atoms with Gasteiger partial charge in [0.2, 0.25) is 0 Å². The number of likely N-dealkylation sites (N-methyl/N-ethyl adjacent to an activating group) is 1. The molecule has 88 valence electrons. The van der Waals surface area contributed by atoms with E-state index in [0.717, 1.165) is 25.9 Å². The van der Waals surface area contributed by atoms with Gasteiger partial charge in [0.1, 0.15) is 0 Å². The van der Waals surface area contributed by atoms with Gasteiger partial charge in [0.05, 0.1) is 0 Å². The molecule has 2 heteroatoms. The summed E-state index contributed by atoms with van der Waals surface area (Å²) < 4.78 is 0. The van der Waals surface area contributed by atoms with E-state index in [0.29, 0.717) is 0 Å². The van der Waals surface area contributed by atoms with Crippen molar-refractivity contribution in [2.24, 2.45) is 5.73 Å². The predicted octanol–water partition coefficient (Wildman–Crippen LogP) is 2.58. The topological polar surface area (TPSA) is 29.3 Å². The van der Waals surface area contributed by atoms with Crippen molar-refractivity contribution < 1.29 is 0 Å². The molecule has 0 heterocycles. The van der Waals surface area contributed by atoms with Crippen LogP contribution in [0.25, 0.3) is 0 Å². The van der Waals surface area contributed by atoms with Crippen LogP contribution in [-0.2, 0) is 0 Å². The van der Waals surface area contributed by atoms with E-state index in [1.807, 2.05) is 24.3 Å². The first kappa shape index (κ1) is 12.9.